The van der Waals surface area contributed by atoms with Crippen molar-refractivity contribution in [2.24, 2.45) is 5.84 Å². The molecule has 0 aliphatic heterocycles. The number of aryl methyl sites for hydroxylation is 1. The van der Waals surface area contributed by atoms with Crippen LogP contribution in [0.2, 0.25) is 0 Å². The average Bonchev–Trinajstić information content (AvgIpc) is 2.19. The minimum absolute atomic E-state index is 0.440. The lowest BCUT2D eigenvalue weighted by molar-refractivity contribution is 0.412. The van der Waals surface area contributed by atoms with Crippen LogP contribution in [0, 0.1) is 0 Å². The summed E-state index contributed by atoms with van der Waals surface area (Å²) in [5, 5.41) is 0. The van der Waals surface area contributed by atoms with Crippen molar-refractivity contribution in [3.63, 3.8) is 0 Å². The highest BCUT2D eigenvalue weighted by Gasteiger charge is 2.24. The maximum atomic E-state index is 5.50. The van der Waals surface area contributed by atoms with E-state index in [1.807, 2.05) is 0 Å². The van der Waals surface area contributed by atoms with Crippen LogP contribution in [0.1, 0.15) is 30.4 Å². The first kappa shape index (κ1) is 8.73. The SMILES string of the molecule is C[C@H]1c2ccccc2CC[C@H]1NN. The van der Waals surface area contributed by atoms with Gasteiger partial charge in [-0.2, -0.15) is 0 Å². The van der Waals surface area contributed by atoms with Gasteiger partial charge in [0, 0.05) is 6.04 Å². The van der Waals surface area contributed by atoms with E-state index >= 15 is 0 Å². The number of rotatable bonds is 1. The van der Waals surface area contributed by atoms with Crippen molar-refractivity contribution in [2.45, 2.75) is 31.7 Å². The van der Waals surface area contributed by atoms with Gasteiger partial charge in [0.05, 0.1) is 0 Å². The molecule has 2 atom stereocenters. The first-order valence-electron chi connectivity index (χ1n) is 4.87. The fourth-order valence-corrected chi connectivity index (χ4v) is 2.21. The zero-order valence-corrected chi connectivity index (χ0v) is 7.96. The molecule has 0 aromatic heterocycles. The van der Waals surface area contributed by atoms with Crippen molar-refractivity contribution in [3.8, 4) is 0 Å². The summed E-state index contributed by atoms with van der Waals surface area (Å²) < 4.78 is 0. The molecule has 0 amide bonds. The van der Waals surface area contributed by atoms with Crippen LogP contribution < -0.4 is 11.3 Å². The number of hydrogen-bond donors (Lipinski definition) is 2. The summed E-state index contributed by atoms with van der Waals surface area (Å²) in [4.78, 5) is 0. The second kappa shape index (κ2) is 3.48. The van der Waals surface area contributed by atoms with Crippen molar-refractivity contribution in [3.05, 3.63) is 35.4 Å². The zero-order chi connectivity index (χ0) is 9.26. The van der Waals surface area contributed by atoms with Crippen molar-refractivity contribution < 1.29 is 0 Å². The monoisotopic (exact) mass is 176 g/mol. The second-order valence-electron chi connectivity index (χ2n) is 3.80. The van der Waals surface area contributed by atoms with Crippen molar-refractivity contribution in [2.75, 3.05) is 0 Å². The molecule has 2 rings (SSSR count). The Labute approximate surface area is 79.1 Å². The quantitative estimate of drug-likeness (QED) is 0.503. The maximum Gasteiger partial charge on any atom is 0.0279 e. The van der Waals surface area contributed by atoms with Gasteiger partial charge >= 0.3 is 0 Å². The van der Waals surface area contributed by atoms with E-state index in [9.17, 15) is 0 Å². The van der Waals surface area contributed by atoms with E-state index in [2.05, 4.69) is 36.6 Å². The van der Waals surface area contributed by atoms with Gasteiger partial charge in [-0.3, -0.25) is 11.3 Å². The Bertz CT molecular complexity index is 296. The van der Waals surface area contributed by atoms with Gasteiger partial charge in [-0.05, 0) is 29.9 Å². The highest BCUT2D eigenvalue weighted by Crippen LogP contribution is 2.30. The summed E-state index contributed by atoms with van der Waals surface area (Å²) >= 11 is 0. The first-order valence-corrected chi connectivity index (χ1v) is 4.87. The molecular formula is C11H16N2. The molecule has 0 bridgehead atoms. The van der Waals surface area contributed by atoms with E-state index in [1.165, 1.54) is 11.1 Å². The predicted octanol–water partition coefficient (Wildman–Crippen LogP) is 1.57. The lowest BCUT2D eigenvalue weighted by Crippen LogP contribution is -2.41. The zero-order valence-electron chi connectivity index (χ0n) is 7.96. The van der Waals surface area contributed by atoms with Gasteiger partial charge in [0.1, 0.15) is 0 Å². The lowest BCUT2D eigenvalue weighted by atomic mass is 9.81. The van der Waals surface area contributed by atoms with E-state index in [1.54, 1.807) is 0 Å². The topological polar surface area (TPSA) is 38.0 Å². The third-order valence-corrected chi connectivity index (χ3v) is 3.09. The smallest absolute Gasteiger partial charge is 0.0279 e. The van der Waals surface area contributed by atoms with E-state index in [4.69, 9.17) is 5.84 Å². The molecule has 1 aliphatic rings. The Kier molecular flexibility index (Phi) is 2.34. The Morgan fingerprint density at radius 1 is 1.38 bits per heavy atom. The first-order chi connectivity index (χ1) is 6.33. The largest absolute Gasteiger partial charge is 0.271 e. The van der Waals surface area contributed by atoms with Crippen LogP contribution in [-0.2, 0) is 6.42 Å². The Morgan fingerprint density at radius 3 is 2.92 bits per heavy atom. The molecule has 2 nitrogen and oxygen atoms in total. The molecule has 0 radical (unpaired) electrons. The Balaban J connectivity index is 2.33. The minimum atomic E-state index is 0.440. The second-order valence-corrected chi connectivity index (χ2v) is 3.80. The summed E-state index contributed by atoms with van der Waals surface area (Å²) in [5.74, 6) is 6.04. The standard InChI is InChI=1S/C11H16N2/c1-8-10-5-3-2-4-9(10)6-7-11(8)13-12/h2-5,8,11,13H,6-7,12H2,1H3/t8-,11+/m0/s1. The summed E-state index contributed by atoms with van der Waals surface area (Å²) in [5.41, 5.74) is 5.84. The van der Waals surface area contributed by atoms with Crippen LogP contribution in [0.15, 0.2) is 24.3 Å². The van der Waals surface area contributed by atoms with E-state index < -0.39 is 0 Å². The van der Waals surface area contributed by atoms with Crippen molar-refractivity contribution in [1.29, 1.82) is 0 Å². The third-order valence-electron chi connectivity index (χ3n) is 3.09. The van der Waals surface area contributed by atoms with E-state index in [-0.39, 0.29) is 0 Å². The number of nitrogens with one attached hydrogen (secondary N) is 1. The molecule has 1 aliphatic carbocycles. The summed E-state index contributed by atoms with van der Waals surface area (Å²) in [6, 6.07) is 9.09. The molecule has 2 heteroatoms. The molecule has 13 heavy (non-hydrogen) atoms. The van der Waals surface area contributed by atoms with Crippen LogP contribution in [0.5, 0.6) is 0 Å². The minimum Gasteiger partial charge on any atom is -0.271 e. The molecular weight excluding hydrogens is 160 g/mol. The van der Waals surface area contributed by atoms with Gasteiger partial charge in [0.25, 0.3) is 0 Å². The predicted molar refractivity (Wildman–Crippen MR) is 54.3 cm³/mol. The molecule has 0 spiro atoms. The highest BCUT2D eigenvalue weighted by atomic mass is 15.2. The van der Waals surface area contributed by atoms with Gasteiger partial charge in [0.15, 0.2) is 0 Å². The molecule has 70 valence electrons. The van der Waals surface area contributed by atoms with Gasteiger partial charge in [-0.25, -0.2) is 0 Å². The summed E-state index contributed by atoms with van der Waals surface area (Å²) in [7, 11) is 0. The maximum absolute atomic E-state index is 5.50. The molecule has 0 saturated heterocycles. The number of fused-ring (bicyclic) bond motifs is 1. The third kappa shape index (κ3) is 1.47. The van der Waals surface area contributed by atoms with Crippen molar-refractivity contribution >= 4 is 0 Å². The number of benzene rings is 1. The van der Waals surface area contributed by atoms with Crippen LogP contribution in [0.25, 0.3) is 0 Å². The number of hydrazine groups is 1. The number of hydrogen-bond acceptors (Lipinski definition) is 2. The lowest BCUT2D eigenvalue weighted by Gasteiger charge is -2.30. The molecule has 1 aromatic carbocycles. The molecule has 0 saturated carbocycles. The molecule has 0 fully saturated rings. The summed E-state index contributed by atoms with van der Waals surface area (Å²) in [6.45, 7) is 2.24. The molecule has 0 heterocycles. The van der Waals surface area contributed by atoms with Gasteiger partial charge in [-0.1, -0.05) is 31.2 Å². The van der Waals surface area contributed by atoms with Gasteiger partial charge < -0.3 is 0 Å². The normalized spacial score (nSPS) is 26.9. The van der Waals surface area contributed by atoms with Crippen molar-refractivity contribution in [1.82, 2.24) is 5.43 Å². The fourth-order valence-electron chi connectivity index (χ4n) is 2.21. The molecule has 0 unspecified atom stereocenters. The Hall–Kier alpha value is -0.860. The van der Waals surface area contributed by atoms with Crippen LogP contribution >= 0.6 is 0 Å². The van der Waals surface area contributed by atoms with Gasteiger partial charge in [-0.15, -0.1) is 0 Å². The highest BCUT2D eigenvalue weighted by molar-refractivity contribution is 5.33. The molecule has 1 aromatic rings. The summed E-state index contributed by atoms with van der Waals surface area (Å²) in [6.07, 6.45) is 2.30. The molecule has 3 N–H and O–H groups in total. The number of nitrogens with two attached hydrogens (primary N) is 1. The van der Waals surface area contributed by atoms with Gasteiger partial charge in [0.2, 0.25) is 0 Å². The van der Waals surface area contributed by atoms with E-state index in [0.717, 1.165) is 12.8 Å². The van der Waals surface area contributed by atoms with E-state index in [0.29, 0.717) is 12.0 Å². The Morgan fingerprint density at radius 2 is 2.15 bits per heavy atom. The fraction of sp³-hybridized carbons (Fsp3) is 0.455. The van der Waals surface area contributed by atoms with Crippen LogP contribution in [0.3, 0.4) is 0 Å². The van der Waals surface area contributed by atoms with Crippen LogP contribution in [0.4, 0.5) is 0 Å². The average molecular weight is 176 g/mol. The van der Waals surface area contributed by atoms with Crippen LogP contribution in [-0.4, -0.2) is 6.04 Å².